The number of hydrogen-bond donors (Lipinski definition) is 1. The van der Waals surface area contributed by atoms with Gasteiger partial charge < -0.3 is 10.2 Å². The lowest BCUT2D eigenvalue weighted by Crippen LogP contribution is -2.56. The van der Waals surface area contributed by atoms with E-state index in [1.807, 2.05) is 101 Å². The maximum atomic E-state index is 14.6. The van der Waals surface area contributed by atoms with Gasteiger partial charge >= 0.3 is 0 Å². The Morgan fingerprint density at radius 2 is 1.36 bits per heavy atom. The maximum absolute atomic E-state index is 14.6. The second-order valence-corrected chi connectivity index (χ2v) is 14.1. The Morgan fingerprint density at radius 1 is 0.778 bits per heavy atom. The van der Waals surface area contributed by atoms with Crippen molar-refractivity contribution in [2.45, 2.75) is 70.5 Å². The topological polar surface area (TPSA) is 86.8 Å². The Balaban J connectivity index is 1.82. The van der Waals surface area contributed by atoms with Crippen molar-refractivity contribution in [3.05, 3.63) is 131 Å². The van der Waals surface area contributed by atoms with Gasteiger partial charge in [0.2, 0.25) is 11.8 Å². The van der Waals surface area contributed by atoms with E-state index in [9.17, 15) is 18.0 Å². The average Bonchev–Trinajstić information content (AvgIpc) is 3.02. The molecular formula is C37H43N3O4S. The van der Waals surface area contributed by atoms with Crippen LogP contribution in [0.3, 0.4) is 0 Å². The monoisotopic (exact) mass is 625 g/mol. The smallest absolute Gasteiger partial charge is 0.264 e. The first-order valence-electron chi connectivity index (χ1n) is 15.3. The molecule has 0 aliphatic heterocycles. The van der Waals surface area contributed by atoms with Crippen LogP contribution in [0.4, 0.5) is 5.69 Å². The van der Waals surface area contributed by atoms with Crippen LogP contribution >= 0.6 is 0 Å². The quantitative estimate of drug-likeness (QED) is 0.200. The number of aryl methyl sites for hydroxylation is 2. The molecule has 45 heavy (non-hydrogen) atoms. The zero-order chi connectivity index (χ0) is 32.6. The molecule has 0 heterocycles. The summed E-state index contributed by atoms with van der Waals surface area (Å²) in [6.45, 7) is 9.32. The van der Waals surface area contributed by atoms with Crippen LogP contribution in [0.25, 0.3) is 0 Å². The molecule has 8 heteroatoms. The third kappa shape index (κ3) is 8.82. The van der Waals surface area contributed by atoms with E-state index in [-0.39, 0.29) is 23.8 Å². The summed E-state index contributed by atoms with van der Waals surface area (Å²) >= 11 is 0. The molecule has 0 aliphatic carbocycles. The van der Waals surface area contributed by atoms with Crippen molar-refractivity contribution < 1.29 is 18.0 Å². The van der Waals surface area contributed by atoms with Crippen molar-refractivity contribution in [1.29, 1.82) is 0 Å². The minimum atomic E-state index is -4.13. The maximum Gasteiger partial charge on any atom is 0.264 e. The first-order chi connectivity index (χ1) is 21.4. The Labute approximate surface area is 268 Å². The van der Waals surface area contributed by atoms with E-state index in [1.165, 1.54) is 17.0 Å². The summed E-state index contributed by atoms with van der Waals surface area (Å²) in [6, 6.07) is 31.7. The molecular weight excluding hydrogens is 582 g/mol. The fourth-order valence-electron chi connectivity index (χ4n) is 5.12. The van der Waals surface area contributed by atoms with Crippen molar-refractivity contribution in [2.24, 2.45) is 0 Å². The number of nitrogens with zero attached hydrogens (tertiary/aromatic N) is 2. The summed E-state index contributed by atoms with van der Waals surface area (Å²) in [5.41, 5.74) is 3.60. The number of benzene rings is 4. The SMILES string of the molecule is CCc1ccc(N(CC(=O)N(Cc2ccccc2C)[C@@H](Cc2ccccc2)C(=O)NC(C)(C)C)S(=O)(=O)c2ccccc2)cc1. The lowest BCUT2D eigenvalue weighted by Gasteiger charge is -2.35. The molecule has 4 aromatic carbocycles. The van der Waals surface area contributed by atoms with E-state index >= 15 is 0 Å². The van der Waals surface area contributed by atoms with Gasteiger partial charge in [-0.1, -0.05) is 91.9 Å². The molecule has 0 saturated carbocycles. The van der Waals surface area contributed by atoms with Gasteiger partial charge in [0.25, 0.3) is 10.0 Å². The number of carbonyl (C=O) groups excluding carboxylic acids is 2. The molecule has 7 nitrogen and oxygen atoms in total. The Bertz CT molecular complexity index is 1680. The fraction of sp³-hybridized carbons (Fsp3) is 0.297. The highest BCUT2D eigenvalue weighted by atomic mass is 32.2. The predicted molar refractivity (Wildman–Crippen MR) is 180 cm³/mol. The van der Waals surface area contributed by atoms with Gasteiger partial charge in [0.15, 0.2) is 0 Å². The predicted octanol–water partition coefficient (Wildman–Crippen LogP) is 6.31. The Kier molecular flexibility index (Phi) is 10.8. The van der Waals surface area contributed by atoms with Crippen molar-refractivity contribution >= 4 is 27.5 Å². The van der Waals surface area contributed by atoms with E-state index in [0.29, 0.717) is 5.69 Å². The zero-order valence-electron chi connectivity index (χ0n) is 26.7. The standard InChI is InChI=1S/C37H43N3O4S/c1-6-29-21-23-32(24-22-29)40(45(43,44)33-19-11-8-12-20-33)27-35(41)39(26-31-18-14-13-15-28(31)2)34(36(42)38-37(3,4)5)25-30-16-9-7-10-17-30/h7-24,34H,6,25-27H2,1-5H3,(H,38,42)/t34-/m0/s1. The molecule has 1 atom stereocenters. The number of amides is 2. The first kappa shape index (κ1) is 33.5. The van der Waals surface area contributed by atoms with Gasteiger partial charge in [0.1, 0.15) is 12.6 Å². The second-order valence-electron chi connectivity index (χ2n) is 12.2. The number of sulfonamides is 1. The average molecular weight is 626 g/mol. The molecule has 4 rings (SSSR count). The highest BCUT2D eigenvalue weighted by Gasteiger charge is 2.35. The Morgan fingerprint density at radius 3 is 1.93 bits per heavy atom. The summed E-state index contributed by atoms with van der Waals surface area (Å²) < 4.78 is 29.4. The summed E-state index contributed by atoms with van der Waals surface area (Å²) in [5.74, 6) is -0.791. The van der Waals surface area contributed by atoms with Crippen molar-refractivity contribution in [1.82, 2.24) is 10.2 Å². The molecule has 0 spiro atoms. The molecule has 0 radical (unpaired) electrons. The summed E-state index contributed by atoms with van der Waals surface area (Å²) in [4.78, 5) is 30.2. The van der Waals surface area contributed by atoms with Crippen LogP contribution in [-0.2, 0) is 39.0 Å². The lowest BCUT2D eigenvalue weighted by molar-refractivity contribution is -0.140. The molecule has 0 aliphatic rings. The normalized spacial score (nSPS) is 12.3. The fourth-order valence-corrected chi connectivity index (χ4v) is 6.56. The third-order valence-electron chi connectivity index (χ3n) is 7.61. The minimum Gasteiger partial charge on any atom is -0.350 e. The molecule has 0 aromatic heterocycles. The second kappa shape index (κ2) is 14.6. The summed E-state index contributed by atoms with van der Waals surface area (Å²) in [5, 5.41) is 3.06. The van der Waals surface area contributed by atoms with E-state index < -0.39 is 34.1 Å². The number of hydrogen-bond acceptors (Lipinski definition) is 4. The van der Waals surface area contributed by atoms with Gasteiger partial charge in [-0.05, 0) is 80.6 Å². The van der Waals surface area contributed by atoms with Crippen LogP contribution in [0.2, 0.25) is 0 Å². The molecule has 1 N–H and O–H groups in total. The van der Waals surface area contributed by atoms with Crippen LogP contribution < -0.4 is 9.62 Å². The van der Waals surface area contributed by atoms with Crippen molar-refractivity contribution in [2.75, 3.05) is 10.8 Å². The van der Waals surface area contributed by atoms with Gasteiger partial charge in [-0.15, -0.1) is 0 Å². The lowest BCUT2D eigenvalue weighted by atomic mass is 10.00. The van der Waals surface area contributed by atoms with Gasteiger partial charge in [-0.25, -0.2) is 8.42 Å². The van der Waals surface area contributed by atoms with Gasteiger partial charge in [-0.2, -0.15) is 0 Å². The molecule has 0 saturated heterocycles. The van der Waals surface area contributed by atoms with Gasteiger partial charge in [0.05, 0.1) is 10.6 Å². The minimum absolute atomic E-state index is 0.0779. The number of nitrogens with one attached hydrogen (secondary N) is 1. The van der Waals surface area contributed by atoms with Crippen molar-refractivity contribution in [3.63, 3.8) is 0 Å². The molecule has 236 valence electrons. The largest absolute Gasteiger partial charge is 0.350 e. The highest BCUT2D eigenvalue weighted by Crippen LogP contribution is 2.26. The van der Waals surface area contributed by atoms with Crippen molar-refractivity contribution in [3.8, 4) is 0 Å². The van der Waals surface area contributed by atoms with Crippen LogP contribution in [0.5, 0.6) is 0 Å². The molecule has 0 fully saturated rings. The first-order valence-corrected chi connectivity index (χ1v) is 16.7. The molecule has 0 unspecified atom stereocenters. The Hall–Kier alpha value is -4.43. The van der Waals surface area contributed by atoms with Gasteiger partial charge in [0, 0.05) is 18.5 Å². The van der Waals surface area contributed by atoms with Crippen LogP contribution in [0, 0.1) is 6.92 Å². The van der Waals surface area contributed by atoms with Crippen LogP contribution in [0.1, 0.15) is 49.9 Å². The van der Waals surface area contributed by atoms with E-state index in [2.05, 4.69) is 5.32 Å². The summed E-state index contributed by atoms with van der Waals surface area (Å²) in [7, 11) is -4.13. The third-order valence-corrected chi connectivity index (χ3v) is 9.40. The number of rotatable bonds is 12. The van der Waals surface area contributed by atoms with Crippen LogP contribution in [-0.4, -0.2) is 43.3 Å². The number of anilines is 1. The molecule has 0 bridgehead atoms. The highest BCUT2D eigenvalue weighted by molar-refractivity contribution is 7.92. The zero-order valence-corrected chi connectivity index (χ0v) is 27.6. The van der Waals surface area contributed by atoms with E-state index in [0.717, 1.165) is 33.0 Å². The van der Waals surface area contributed by atoms with Gasteiger partial charge in [-0.3, -0.25) is 13.9 Å². The van der Waals surface area contributed by atoms with Crippen LogP contribution in [0.15, 0.2) is 114 Å². The molecule has 4 aromatic rings. The van der Waals surface area contributed by atoms with E-state index in [1.54, 1.807) is 30.3 Å². The van der Waals surface area contributed by atoms with E-state index in [4.69, 9.17) is 0 Å². The summed E-state index contributed by atoms with van der Waals surface area (Å²) in [6.07, 6.45) is 1.05. The number of carbonyl (C=O) groups is 2. The molecule has 2 amide bonds.